The zero-order chi connectivity index (χ0) is 17.3. The van der Waals surface area contributed by atoms with Crippen LogP contribution in [0.25, 0.3) is 0 Å². The largest absolute Gasteiger partial charge is 0.490 e. The van der Waals surface area contributed by atoms with Gasteiger partial charge in [0, 0.05) is 45.1 Å². The van der Waals surface area contributed by atoms with Gasteiger partial charge in [-0.3, -0.25) is 9.98 Å². The summed E-state index contributed by atoms with van der Waals surface area (Å²) in [5.74, 6) is 1.72. The van der Waals surface area contributed by atoms with Gasteiger partial charge in [0.05, 0.1) is 12.7 Å². The van der Waals surface area contributed by atoms with E-state index in [9.17, 15) is 0 Å². The van der Waals surface area contributed by atoms with Crippen LogP contribution in [0.15, 0.2) is 59.9 Å². The van der Waals surface area contributed by atoms with Crippen LogP contribution in [-0.4, -0.2) is 62.2 Å². The second-order valence-electron chi connectivity index (χ2n) is 5.82. The first-order valence-electron chi connectivity index (χ1n) is 8.65. The van der Waals surface area contributed by atoms with E-state index in [1.165, 1.54) is 5.69 Å². The summed E-state index contributed by atoms with van der Waals surface area (Å²) in [6, 6.07) is 14.3. The summed E-state index contributed by atoms with van der Waals surface area (Å²) >= 11 is 0. The fourth-order valence-electron chi connectivity index (χ4n) is 2.91. The third-order valence-electron chi connectivity index (χ3n) is 4.20. The van der Waals surface area contributed by atoms with Gasteiger partial charge in [0.2, 0.25) is 0 Å². The predicted molar refractivity (Wildman–Crippen MR) is 117 cm³/mol. The van der Waals surface area contributed by atoms with Crippen molar-refractivity contribution in [3.63, 3.8) is 0 Å². The van der Waals surface area contributed by atoms with E-state index in [0.717, 1.165) is 37.9 Å². The van der Waals surface area contributed by atoms with Crippen molar-refractivity contribution < 1.29 is 4.74 Å². The molecule has 3 rings (SSSR count). The highest BCUT2D eigenvalue weighted by Gasteiger charge is 2.19. The van der Waals surface area contributed by atoms with Crippen molar-refractivity contribution in [1.82, 2.24) is 15.2 Å². The number of pyridine rings is 1. The van der Waals surface area contributed by atoms with Crippen LogP contribution in [0.4, 0.5) is 5.69 Å². The normalized spacial score (nSPS) is 14.6. The van der Waals surface area contributed by atoms with E-state index in [1.54, 1.807) is 12.4 Å². The van der Waals surface area contributed by atoms with E-state index in [1.807, 2.05) is 19.2 Å². The number of nitrogens with zero attached hydrogens (tertiary/aromatic N) is 4. The molecule has 0 atom stereocenters. The molecular formula is C19H26IN5O. The highest BCUT2D eigenvalue weighted by atomic mass is 127. The van der Waals surface area contributed by atoms with E-state index in [-0.39, 0.29) is 24.0 Å². The summed E-state index contributed by atoms with van der Waals surface area (Å²) < 4.78 is 5.66. The van der Waals surface area contributed by atoms with Gasteiger partial charge >= 0.3 is 0 Å². The molecular weight excluding hydrogens is 441 g/mol. The van der Waals surface area contributed by atoms with Gasteiger partial charge in [-0.1, -0.05) is 18.2 Å². The molecule has 26 heavy (non-hydrogen) atoms. The van der Waals surface area contributed by atoms with E-state index in [0.29, 0.717) is 13.2 Å². The molecule has 2 heterocycles. The Morgan fingerprint density at radius 2 is 1.88 bits per heavy atom. The number of piperazine rings is 1. The standard InChI is InChI=1S/C19H25N5O.HI/c1-20-19(22-10-15-25-18-8-5-9-21-16-18)24-13-11-23(12-14-24)17-6-3-2-4-7-17;/h2-9,16H,10-15H2,1H3,(H,20,22);1H. The van der Waals surface area contributed by atoms with Gasteiger partial charge in [0.15, 0.2) is 5.96 Å². The molecule has 1 aromatic heterocycles. The Hall–Kier alpha value is -2.03. The Morgan fingerprint density at radius 3 is 2.54 bits per heavy atom. The SMILES string of the molecule is CN=C(NCCOc1cccnc1)N1CCN(c2ccccc2)CC1.I. The van der Waals surface area contributed by atoms with Gasteiger partial charge < -0.3 is 19.9 Å². The number of benzene rings is 1. The first-order chi connectivity index (χ1) is 12.4. The number of hydrogen-bond donors (Lipinski definition) is 1. The van der Waals surface area contributed by atoms with E-state index >= 15 is 0 Å². The second-order valence-corrected chi connectivity index (χ2v) is 5.82. The number of aliphatic imine (C=N–C) groups is 1. The maximum Gasteiger partial charge on any atom is 0.193 e. The maximum atomic E-state index is 5.66. The Balaban J connectivity index is 0.00000243. The van der Waals surface area contributed by atoms with Crippen LogP contribution < -0.4 is 15.0 Å². The van der Waals surface area contributed by atoms with Crippen molar-refractivity contribution in [1.29, 1.82) is 0 Å². The average Bonchev–Trinajstić information content (AvgIpc) is 2.70. The molecule has 1 aromatic carbocycles. The summed E-state index contributed by atoms with van der Waals surface area (Å²) in [4.78, 5) is 13.1. The van der Waals surface area contributed by atoms with Gasteiger partial charge in [0.1, 0.15) is 12.4 Å². The molecule has 0 saturated carbocycles. The fourth-order valence-corrected chi connectivity index (χ4v) is 2.91. The lowest BCUT2D eigenvalue weighted by molar-refractivity contribution is 0.314. The number of guanidine groups is 1. The molecule has 1 saturated heterocycles. The second kappa shape index (κ2) is 10.8. The minimum atomic E-state index is 0. The molecule has 1 N–H and O–H groups in total. The molecule has 0 amide bonds. The lowest BCUT2D eigenvalue weighted by Gasteiger charge is -2.37. The van der Waals surface area contributed by atoms with Crippen LogP contribution in [-0.2, 0) is 0 Å². The quantitative estimate of drug-likeness (QED) is 0.317. The maximum absolute atomic E-state index is 5.66. The van der Waals surface area contributed by atoms with Crippen molar-refractivity contribution in [2.75, 3.05) is 51.3 Å². The fraction of sp³-hybridized carbons (Fsp3) is 0.368. The summed E-state index contributed by atoms with van der Waals surface area (Å²) in [6.45, 7) is 5.19. The van der Waals surface area contributed by atoms with Crippen LogP contribution in [0, 0.1) is 0 Å². The number of hydrogen-bond acceptors (Lipinski definition) is 4. The first-order valence-corrected chi connectivity index (χ1v) is 8.65. The summed E-state index contributed by atoms with van der Waals surface area (Å²) in [6.07, 6.45) is 3.46. The van der Waals surface area contributed by atoms with Crippen molar-refractivity contribution in [3.05, 3.63) is 54.9 Å². The Kier molecular flexibility index (Phi) is 8.46. The minimum Gasteiger partial charge on any atom is -0.490 e. The summed E-state index contributed by atoms with van der Waals surface area (Å²) in [7, 11) is 1.83. The molecule has 1 fully saturated rings. The van der Waals surface area contributed by atoms with E-state index < -0.39 is 0 Å². The Labute approximate surface area is 172 Å². The Morgan fingerprint density at radius 1 is 1.12 bits per heavy atom. The molecule has 0 bridgehead atoms. The predicted octanol–water partition coefficient (Wildman–Crippen LogP) is 2.48. The minimum absolute atomic E-state index is 0. The van der Waals surface area contributed by atoms with Crippen LogP contribution in [0.3, 0.4) is 0 Å². The van der Waals surface area contributed by atoms with Crippen LogP contribution in [0.2, 0.25) is 0 Å². The molecule has 0 spiro atoms. The van der Waals surface area contributed by atoms with Gasteiger partial charge in [-0.05, 0) is 24.3 Å². The highest BCUT2D eigenvalue weighted by Crippen LogP contribution is 2.15. The molecule has 0 radical (unpaired) electrons. The molecule has 0 aliphatic carbocycles. The Bertz CT molecular complexity index is 660. The number of aromatic nitrogens is 1. The smallest absolute Gasteiger partial charge is 0.193 e. The van der Waals surface area contributed by atoms with Gasteiger partial charge in [-0.15, -0.1) is 24.0 Å². The third kappa shape index (κ3) is 5.76. The summed E-state index contributed by atoms with van der Waals surface area (Å²) in [5.41, 5.74) is 1.29. The van der Waals surface area contributed by atoms with Crippen LogP contribution in [0.1, 0.15) is 0 Å². The molecule has 2 aromatic rings. The third-order valence-corrected chi connectivity index (χ3v) is 4.20. The van der Waals surface area contributed by atoms with E-state index in [4.69, 9.17) is 4.74 Å². The molecule has 1 aliphatic rings. The number of anilines is 1. The average molecular weight is 467 g/mol. The number of rotatable bonds is 5. The van der Waals surface area contributed by atoms with Crippen molar-refractivity contribution >= 4 is 35.6 Å². The molecule has 140 valence electrons. The molecule has 0 unspecified atom stereocenters. The number of ether oxygens (including phenoxy) is 1. The lowest BCUT2D eigenvalue weighted by atomic mass is 10.2. The topological polar surface area (TPSA) is 53.0 Å². The number of halogens is 1. The number of nitrogens with one attached hydrogen (secondary N) is 1. The molecule has 7 heteroatoms. The monoisotopic (exact) mass is 467 g/mol. The summed E-state index contributed by atoms with van der Waals surface area (Å²) in [5, 5.41) is 3.38. The zero-order valence-electron chi connectivity index (χ0n) is 15.0. The van der Waals surface area contributed by atoms with Crippen LogP contribution in [0.5, 0.6) is 5.75 Å². The van der Waals surface area contributed by atoms with Gasteiger partial charge in [-0.25, -0.2) is 0 Å². The van der Waals surface area contributed by atoms with Crippen molar-refractivity contribution in [2.45, 2.75) is 0 Å². The van der Waals surface area contributed by atoms with Crippen LogP contribution >= 0.6 is 24.0 Å². The van der Waals surface area contributed by atoms with Crippen molar-refractivity contribution in [3.8, 4) is 5.75 Å². The van der Waals surface area contributed by atoms with Crippen molar-refractivity contribution in [2.24, 2.45) is 4.99 Å². The van der Waals surface area contributed by atoms with E-state index in [2.05, 4.69) is 55.4 Å². The van der Waals surface area contributed by atoms with Gasteiger partial charge in [0.25, 0.3) is 0 Å². The molecule has 6 nitrogen and oxygen atoms in total. The first kappa shape index (κ1) is 20.3. The zero-order valence-corrected chi connectivity index (χ0v) is 17.4. The lowest BCUT2D eigenvalue weighted by Crippen LogP contribution is -2.53. The molecule has 1 aliphatic heterocycles. The number of para-hydroxylation sites is 1. The highest BCUT2D eigenvalue weighted by molar-refractivity contribution is 14.0. The van der Waals surface area contributed by atoms with Gasteiger partial charge in [-0.2, -0.15) is 0 Å².